The maximum atomic E-state index is 11.5. The first-order chi connectivity index (χ1) is 9.11. The van der Waals surface area contributed by atoms with Crippen molar-refractivity contribution in [2.45, 2.75) is 32.6 Å². The second-order valence-electron chi connectivity index (χ2n) is 5.43. The van der Waals surface area contributed by atoms with Crippen LogP contribution in [0.15, 0.2) is 18.2 Å². The molecule has 1 saturated carbocycles. The lowest BCUT2D eigenvalue weighted by atomic mass is 10.0. The highest BCUT2D eigenvalue weighted by molar-refractivity contribution is 5.95. The van der Waals surface area contributed by atoms with Gasteiger partial charge in [-0.2, -0.15) is 5.26 Å². The maximum absolute atomic E-state index is 11.5. The molecule has 0 bridgehead atoms. The standard InChI is InChI=1S/C16H20N2O/c1-12(19)14-7-8-15(10-17)16(9-14)18(2)11-13-5-3-4-6-13/h7-9,13H,3-6,11H2,1-2H3. The number of nitrogens with zero attached hydrogens (tertiary/aromatic N) is 2. The van der Waals surface area contributed by atoms with Crippen molar-refractivity contribution in [1.29, 1.82) is 5.26 Å². The van der Waals surface area contributed by atoms with Crippen LogP contribution in [-0.2, 0) is 0 Å². The Bertz CT molecular complexity index is 510. The van der Waals surface area contributed by atoms with E-state index in [-0.39, 0.29) is 5.78 Å². The van der Waals surface area contributed by atoms with Crippen molar-refractivity contribution in [2.75, 3.05) is 18.5 Å². The van der Waals surface area contributed by atoms with Crippen LogP contribution in [0.2, 0.25) is 0 Å². The SMILES string of the molecule is CC(=O)c1ccc(C#N)c(N(C)CC2CCCC2)c1. The number of anilines is 1. The van der Waals surface area contributed by atoms with Gasteiger partial charge in [-0.25, -0.2) is 0 Å². The Labute approximate surface area is 114 Å². The minimum absolute atomic E-state index is 0.0417. The van der Waals surface area contributed by atoms with Crippen molar-refractivity contribution in [3.05, 3.63) is 29.3 Å². The fourth-order valence-corrected chi connectivity index (χ4v) is 2.84. The Morgan fingerprint density at radius 2 is 2.11 bits per heavy atom. The Hall–Kier alpha value is -1.82. The van der Waals surface area contributed by atoms with Crippen LogP contribution in [0.5, 0.6) is 0 Å². The highest BCUT2D eigenvalue weighted by Gasteiger charge is 2.18. The van der Waals surface area contributed by atoms with Gasteiger partial charge in [0.2, 0.25) is 0 Å². The molecule has 0 heterocycles. The van der Waals surface area contributed by atoms with Crippen molar-refractivity contribution >= 4 is 11.5 Å². The number of carbonyl (C=O) groups is 1. The summed E-state index contributed by atoms with van der Waals surface area (Å²) >= 11 is 0. The molecule has 0 saturated heterocycles. The molecular formula is C16H20N2O. The molecule has 0 unspecified atom stereocenters. The van der Waals surface area contributed by atoms with Gasteiger partial charge in [0.1, 0.15) is 6.07 Å². The van der Waals surface area contributed by atoms with Crippen molar-refractivity contribution < 1.29 is 4.79 Å². The first kappa shape index (κ1) is 13.6. The van der Waals surface area contributed by atoms with Gasteiger partial charge in [0, 0.05) is 19.2 Å². The molecule has 1 fully saturated rings. The molecule has 1 aromatic rings. The molecular weight excluding hydrogens is 236 g/mol. The predicted molar refractivity (Wildman–Crippen MR) is 76.4 cm³/mol. The fourth-order valence-electron chi connectivity index (χ4n) is 2.84. The normalized spacial score (nSPS) is 15.2. The summed E-state index contributed by atoms with van der Waals surface area (Å²) in [6.07, 6.45) is 5.19. The number of hydrogen-bond acceptors (Lipinski definition) is 3. The lowest BCUT2D eigenvalue weighted by Crippen LogP contribution is -2.25. The van der Waals surface area contributed by atoms with E-state index in [2.05, 4.69) is 11.0 Å². The van der Waals surface area contributed by atoms with Gasteiger partial charge in [-0.3, -0.25) is 4.79 Å². The summed E-state index contributed by atoms with van der Waals surface area (Å²) in [5.41, 5.74) is 2.19. The van der Waals surface area contributed by atoms with E-state index in [4.69, 9.17) is 0 Å². The van der Waals surface area contributed by atoms with Crippen LogP contribution < -0.4 is 4.90 Å². The Kier molecular flexibility index (Phi) is 4.21. The van der Waals surface area contributed by atoms with E-state index in [0.717, 1.165) is 18.2 Å². The van der Waals surface area contributed by atoms with E-state index in [9.17, 15) is 10.1 Å². The van der Waals surface area contributed by atoms with E-state index in [1.54, 1.807) is 19.1 Å². The monoisotopic (exact) mass is 256 g/mol. The molecule has 1 aliphatic rings. The predicted octanol–water partition coefficient (Wildman–Crippen LogP) is 3.39. The minimum atomic E-state index is 0.0417. The highest BCUT2D eigenvalue weighted by atomic mass is 16.1. The molecule has 0 spiro atoms. The van der Waals surface area contributed by atoms with E-state index in [1.165, 1.54) is 25.7 Å². The number of Topliss-reactive ketones (excluding diaryl/α,β-unsaturated/α-hetero) is 1. The third kappa shape index (κ3) is 3.14. The van der Waals surface area contributed by atoms with Gasteiger partial charge in [-0.15, -0.1) is 0 Å². The molecule has 0 aliphatic heterocycles. The topological polar surface area (TPSA) is 44.1 Å². The van der Waals surface area contributed by atoms with Gasteiger partial charge in [-0.1, -0.05) is 12.8 Å². The third-order valence-electron chi connectivity index (χ3n) is 3.94. The molecule has 1 aliphatic carbocycles. The molecule has 0 radical (unpaired) electrons. The first-order valence-corrected chi connectivity index (χ1v) is 6.88. The smallest absolute Gasteiger partial charge is 0.159 e. The summed E-state index contributed by atoms with van der Waals surface area (Å²) in [6.45, 7) is 2.53. The summed E-state index contributed by atoms with van der Waals surface area (Å²) in [4.78, 5) is 13.6. The lowest BCUT2D eigenvalue weighted by molar-refractivity contribution is 0.101. The van der Waals surface area contributed by atoms with Crippen LogP contribution in [0.25, 0.3) is 0 Å². The van der Waals surface area contributed by atoms with Gasteiger partial charge < -0.3 is 4.90 Å². The summed E-state index contributed by atoms with van der Waals surface area (Å²) < 4.78 is 0. The molecule has 100 valence electrons. The zero-order valence-corrected chi connectivity index (χ0v) is 11.6. The molecule has 3 heteroatoms. The Balaban J connectivity index is 2.22. The van der Waals surface area contributed by atoms with E-state index >= 15 is 0 Å². The molecule has 3 nitrogen and oxygen atoms in total. The minimum Gasteiger partial charge on any atom is -0.373 e. The second kappa shape index (κ2) is 5.88. The summed E-state index contributed by atoms with van der Waals surface area (Å²) in [7, 11) is 2.01. The van der Waals surface area contributed by atoms with Crippen LogP contribution in [0.3, 0.4) is 0 Å². The van der Waals surface area contributed by atoms with Gasteiger partial charge in [0.05, 0.1) is 11.3 Å². The Morgan fingerprint density at radius 3 is 2.68 bits per heavy atom. The largest absolute Gasteiger partial charge is 0.373 e. The van der Waals surface area contributed by atoms with Gasteiger partial charge in [-0.05, 0) is 43.9 Å². The number of carbonyl (C=O) groups excluding carboxylic acids is 1. The molecule has 0 aromatic heterocycles. The second-order valence-corrected chi connectivity index (χ2v) is 5.43. The average molecular weight is 256 g/mol. The van der Waals surface area contributed by atoms with Crippen molar-refractivity contribution in [3.8, 4) is 6.07 Å². The van der Waals surface area contributed by atoms with E-state index < -0.39 is 0 Å². The molecule has 2 rings (SSSR count). The van der Waals surface area contributed by atoms with E-state index in [1.807, 2.05) is 13.1 Å². The highest BCUT2D eigenvalue weighted by Crippen LogP contribution is 2.28. The number of rotatable bonds is 4. The summed E-state index contributed by atoms with van der Waals surface area (Å²) in [5, 5.41) is 9.20. The van der Waals surface area contributed by atoms with Gasteiger partial charge in [0.15, 0.2) is 5.78 Å². The maximum Gasteiger partial charge on any atom is 0.159 e. The van der Waals surface area contributed by atoms with Crippen LogP contribution in [-0.4, -0.2) is 19.4 Å². The zero-order chi connectivity index (χ0) is 13.8. The summed E-state index contributed by atoms with van der Waals surface area (Å²) in [5.74, 6) is 0.762. The zero-order valence-electron chi connectivity index (χ0n) is 11.6. The van der Waals surface area contributed by atoms with Crippen LogP contribution >= 0.6 is 0 Å². The number of benzene rings is 1. The van der Waals surface area contributed by atoms with Crippen molar-refractivity contribution in [3.63, 3.8) is 0 Å². The molecule has 0 amide bonds. The van der Waals surface area contributed by atoms with E-state index in [0.29, 0.717) is 11.1 Å². The van der Waals surface area contributed by atoms with Crippen LogP contribution in [0.1, 0.15) is 48.5 Å². The number of hydrogen-bond donors (Lipinski definition) is 0. The van der Waals surface area contributed by atoms with Crippen LogP contribution in [0, 0.1) is 17.2 Å². The number of ketones is 1. The van der Waals surface area contributed by atoms with Gasteiger partial charge in [0.25, 0.3) is 0 Å². The molecule has 19 heavy (non-hydrogen) atoms. The fraction of sp³-hybridized carbons (Fsp3) is 0.500. The average Bonchev–Trinajstić information content (AvgIpc) is 2.90. The molecule has 1 aromatic carbocycles. The summed E-state index contributed by atoms with van der Waals surface area (Å²) in [6, 6.07) is 7.53. The molecule has 0 atom stereocenters. The number of nitriles is 1. The molecule has 0 N–H and O–H groups in total. The third-order valence-corrected chi connectivity index (χ3v) is 3.94. The quantitative estimate of drug-likeness (QED) is 0.776. The van der Waals surface area contributed by atoms with Crippen molar-refractivity contribution in [1.82, 2.24) is 0 Å². The first-order valence-electron chi connectivity index (χ1n) is 6.88. The van der Waals surface area contributed by atoms with Crippen LogP contribution in [0.4, 0.5) is 5.69 Å². The lowest BCUT2D eigenvalue weighted by Gasteiger charge is -2.24. The Morgan fingerprint density at radius 1 is 1.42 bits per heavy atom. The van der Waals surface area contributed by atoms with Crippen molar-refractivity contribution in [2.24, 2.45) is 5.92 Å². The van der Waals surface area contributed by atoms with Gasteiger partial charge >= 0.3 is 0 Å².